The highest BCUT2D eigenvalue weighted by molar-refractivity contribution is 6.40. The zero-order valence-corrected chi connectivity index (χ0v) is 22.1. The summed E-state index contributed by atoms with van der Waals surface area (Å²) in [5.74, 6) is 1.12. The predicted octanol–water partition coefficient (Wildman–Crippen LogP) is 8.36. The van der Waals surface area contributed by atoms with Crippen molar-refractivity contribution in [1.29, 1.82) is 0 Å². The minimum absolute atomic E-state index is 0.235. The second kappa shape index (κ2) is 10.4. The van der Waals surface area contributed by atoms with Crippen LogP contribution < -0.4 is 4.57 Å². The van der Waals surface area contributed by atoms with Crippen molar-refractivity contribution in [2.75, 3.05) is 0 Å². The Morgan fingerprint density at radius 2 is 1.24 bits per heavy atom. The van der Waals surface area contributed by atoms with Crippen LogP contribution in [-0.2, 0) is 13.1 Å². The Morgan fingerprint density at radius 3 is 1.89 bits per heavy atom. The molecule has 0 radical (unpaired) electrons. The van der Waals surface area contributed by atoms with Gasteiger partial charge >= 0.3 is 0 Å². The van der Waals surface area contributed by atoms with Crippen LogP contribution in [0.5, 0.6) is 5.75 Å². The number of imidazole rings is 1. The van der Waals surface area contributed by atoms with Gasteiger partial charge in [0.25, 0.3) is 16.1 Å². The lowest BCUT2D eigenvalue weighted by Crippen LogP contribution is -2.37. The molecule has 1 aromatic heterocycles. The highest BCUT2D eigenvalue weighted by Gasteiger charge is 2.27. The number of aromatic nitrogens is 2. The van der Waals surface area contributed by atoms with Crippen LogP contribution in [0.25, 0.3) is 33.7 Å². The highest BCUT2D eigenvalue weighted by atomic mass is 35.5. The molecule has 5 aromatic carbocycles. The SMILES string of the molecule is Oc1ccc(/C=C/c2n(Cc3ccc4ccccc4c3)c(Cl)c(Cl)[n+]2Cc2ccc3ccccc3c2)cc1. The van der Waals surface area contributed by atoms with E-state index in [1.54, 1.807) is 12.1 Å². The van der Waals surface area contributed by atoms with Crippen LogP contribution in [0.2, 0.25) is 10.3 Å². The van der Waals surface area contributed by atoms with Crippen molar-refractivity contribution in [3.8, 4) is 5.75 Å². The zero-order chi connectivity index (χ0) is 26.1. The third kappa shape index (κ3) is 4.91. The lowest BCUT2D eigenvalue weighted by Gasteiger charge is -2.06. The quantitative estimate of drug-likeness (QED) is 0.213. The summed E-state index contributed by atoms with van der Waals surface area (Å²) >= 11 is 13.8. The van der Waals surface area contributed by atoms with E-state index in [0.29, 0.717) is 23.4 Å². The number of fused-ring (bicyclic) bond motifs is 2. The minimum atomic E-state index is 0.235. The van der Waals surface area contributed by atoms with Gasteiger partial charge in [-0.05, 0) is 91.8 Å². The summed E-state index contributed by atoms with van der Waals surface area (Å²) in [5.41, 5.74) is 3.23. The Bertz CT molecular complexity index is 1700. The number of hydrogen-bond acceptors (Lipinski definition) is 1. The fraction of sp³-hybridized carbons (Fsp3) is 0.0606. The molecule has 3 nitrogen and oxygen atoms in total. The lowest BCUT2D eigenvalue weighted by atomic mass is 10.1. The van der Waals surface area contributed by atoms with Gasteiger partial charge in [0.05, 0.1) is 0 Å². The molecule has 0 saturated carbocycles. The molecule has 0 saturated heterocycles. The van der Waals surface area contributed by atoms with Crippen molar-refractivity contribution >= 4 is 56.9 Å². The van der Waals surface area contributed by atoms with Crippen LogP contribution in [0, 0.1) is 0 Å². The maximum Gasteiger partial charge on any atom is 0.284 e. The number of phenols is 1. The van der Waals surface area contributed by atoms with Crippen LogP contribution in [0.15, 0.2) is 109 Å². The molecule has 0 aliphatic heterocycles. The van der Waals surface area contributed by atoms with Crippen molar-refractivity contribution in [2.45, 2.75) is 13.1 Å². The smallest absolute Gasteiger partial charge is 0.284 e. The summed E-state index contributed by atoms with van der Waals surface area (Å²) < 4.78 is 4.10. The molecular formula is C33H25Cl2N2O+. The minimum Gasteiger partial charge on any atom is -0.508 e. The van der Waals surface area contributed by atoms with Crippen molar-refractivity contribution in [3.63, 3.8) is 0 Å². The molecule has 0 aliphatic rings. The van der Waals surface area contributed by atoms with Crippen molar-refractivity contribution < 1.29 is 9.67 Å². The van der Waals surface area contributed by atoms with E-state index in [9.17, 15) is 5.11 Å². The number of nitrogens with zero attached hydrogens (tertiary/aromatic N) is 2. The van der Waals surface area contributed by atoms with Gasteiger partial charge in [-0.2, -0.15) is 0 Å². The molecule has 0 unspecified atom stereocenters. The Hall–Kier alpha value is -4.05. The van der Waals surface area contributed by atoms with Gasteiger partial charge in [0, 0.05) is 6.08 Å². The Balaban J connectivity index is 1.43. The summed E-state index contributed by atoms with van der Waals surface area (Å²) in [6.45, 7) is 1.15. The van der Waals surface area contributed by atoms with Gasteiger partial charge in [0.1, 0.15) is 18.8 Å². The second-order valence-electron chi connectivity index (χ2n) is 9.40. The Kier molecular flexibility index (Phi) is 6.63. The maximum absolute atomic E-state index is 9.68. The maximum atomic E-state index is 9.68. The number of hydrogen-bond donors (Lipinski definition) is 1. The van der Waals surface area contributed by atoms with Crippen LogP contribution in [-0.4, -0.2) is 9.67 Å². The molecule has 0 bridgehead atoms. The molecule has 1 N–H and O–H groups in total. The summed E-state index contributed by atoms with van der Waals surface area (Å²) in [5, 5.41) is 15.4. The highest BCUT2D eigenvalue weighted by Crippen LogP contribution is 2.26. The summed E-state index contributed by atoms with van der Waals surface area (Å²) in [4.78, 5) is 0. The molecule has 0 spiro atoms. The first-order valence-corrected chi connectivity index (χ1v) is 13.2. The molecule has 0 fully saturated rings. The van der Waals surface area contributed by atoms with Crippen molar-refractivity contribution in [3.05, 3.63) is 142 Å². The van der Waals surface area contributed by atoms with Gasteiger partial charge in [-0.25, -0.2) is 9.13 Å². The molecule has 0 aliphatic carbocycles. The number of rotatable bonds is 6. The average molecular weight is 536 g/mol. The summed E-state index contributed by atoms with van der Waals surface area (Å²) in [6.07, 6.45) is 4.04. The Labute approximate surface area is 231 Å². The summed E-state index contributed by atoms with van der Waals surface area (Å²) in [7, 11) is 0. The van der Waals surface area contributed by atoms with Crippen LogP contribution >= 0.6 is 23.2 Å². The van der Waals surface area contributed by atoms with E-state index in [0.717, 1.165) is 22.5 Å². The third-order valence-electron chi connectivity index (χ3n) is 6.82. The van der Waals surface area contributed by atoms with E-state index in [-0.39, 0.29) is 5.75 Å². The van der Waals surface area contributed by atoms with Gasteiger partial charge in [-0.15, -0.1) is 0 Å². The number of phenolic OH excluding ortho intramolecular Hbond substituents is 1. The molecule has 5 heteroatoms. The van der Waals surface area contributed by atoms with Gasteiger partial charge in [-0.1, -0.05) is 84.9 Å². The van der Waals surface area contributed by atoms with Crippen molar-refractivity contribution in [2.24, 2.45) is 0 Å². The molecule has 6 aromatic rings. The third-order valence-corrected chi connectivity index (χ3v) is 7.69. The van der Waals surface area contributed by atoms with Crippen LogP contribution in [0.3, 0.4) is 0 Å². The van der Waals surface area contributed by atoms with Gasteiger partial charge in [-0.3, -0.25) is 0 Å². The second-order valence-corrected chi connectivity index (χ2v) is 10.1. The molecule has 0 amide bonds. The molecular weight excluding hydrogens is 511 g/mol. The first-order chi connectivity index (χ1) is 18.5. The molecule has 186 valence electrons. The number of halogens is 2. The average Bonchev–Trinajstić information content (AvgIpc) is 3.16. The van der Waals surface area contributed by atoms with Gasteiger partial charge in [0.15, 0.2) is 0 Å². The molecule has 38 heavy (non-hydrogen) atoms. The normalized spacial score (nSPS) is 11.6. The molecule has 1 heterocycles. The lowest BCUT2D eigenvalue weighted by molar-refractivity contribution is -0.687. The number of aromatic hydroxyl groups is 1. The van der Waals surface area contributed by atoms with Crippen LogP contribution in [0.4, 0.5) is 0 Å². The van der Waals surface area contributed by atoms with Crippen molar-refractivity contribution in [1.82, 2.24) is 4.57 Å². The van der Waals surface area contributed by atoms with Crippen LogP contribution in [0.1, 0.15) is 22.5 Å². The predicted molar refractivity (Wildman–Crippen MR) is 158 cm³/mol. The first kappa shape index (κ1) is 24.3. The van der Waals surface area contributed by atoms with E-state index in [1.807, 2.05) is 45.6 Å². The van der Waals surface area contributed by atoms with Gasteiger partial charge < -0.3 is 5.11 Å². The largest absolute Gasteiger partial charge is 0.508 e. The zero-order valence-electron chi connectivity index (χ0n) is 20.6. The van der Waals surface area contributed by atoms with E-state index >= 15 is 0 Å². The summed E-state index contributed by atoms with van der Waals surface area (Å²) in [6, 6.07) is 36.7. The monoisotopic (exact) mass is 535 g/mol. The van der Waals surface area contributed by atoms with E-state index in [2.05, 4.69) is 72.8 Å². The fourth-order valence-electron chi connectivity index (χ4n) is 4.85. The Morgan fingerprint density at radius 1 is 0.658 bits per heavy atom. The molecule has 0 atom stereocenters. The number of benzene rings is 5. The fourth-order valence-corrected chi connectivity index (χ4v) is 5.34. The van der Waals surface area contributed by atoms with E-state index < -0.39 is 0 Å². The van der Waals surface area contributed by atoms with Gasteiger partial charge in [0.2, 0.25) is 0 Å². The molecule has 6 rings (SSSR count). The van der Waals surface area contributed by atoms with E-state index in [1.165, 1.54) is 21.5 Å². The van der Waals surface area contributed by atoms with E-state index in [4.69, 9.17) is 23.2 Å². The first-order valence-electron chi connectivity index (χ1n) is 12.4. The topological polar surface area (TPSA) is 29.0 Å². The standard InChI is InChI=1S/C33H24Cl2N2O/c34-32-33(35)37(22-25-10-15-27-6-2-4-8-29(27)20-25)31(18-13-23-11-16-30(38)17-12-23)36(32)21-24-9-14-26-5-1-3-7-28(26)19-24/h1-20H,21-22H2/p+1.